The first-order chi connectivity index (χ1) is 17.9. The van der Waals surface area contributed by atoms with E-state index in [0.717, 1.165) is 5.75 Å². The fraction of sp³-hybridized carbons (Fsp3) is 0.333. The summed E-state index contributed by atoms with van der Waals surface area (Å²) in [5.74, 6) is 1.67. The molecule has 0 saturated carbocycles. The number of carbonyl (C=O) groups excluding carboxylic acids is 2. The molecule has 0 radical (unpaired) electrons. The number of hydrogen-bond donors (Lipinski definition) is 2. The number of hydrogen-bond acceptors (Lipinski definition) is 9. The molecule has 0 bridgehead atoms. The summed E-state index contributed by atoms with van der Waals surface area (Å²) in [5.41, 5.74) is 0.924. The number of anilines is 1. The van der Waals surface area contributed by atoms with E-state index in [-0.39, 0.29) is 29.3 Å². The van der Waals surface area contributed by atoms with Crippen LogP contribution in [0.25, 0.3) is 0 Å². The molecule has 0 fully saturated rings. The molecule has 2 N–H and O–H groups in total. The molecule has 0 aliphatic rings. The van der Waals surface area contributed by atoms with E-state index in [1.165, 1.54) is 36.0 Å². The zero-order chi connectivity index (χ0) is 26.8. The highest BCUT2D eigenvalue weighted by atomic mass is 32.2. The molecule has 13 heteroatoms. The fourth-order valence-corrected chi connectivity index (χ4v) is 4.72. The van der Waals surface area contributed by atoms with Gasteiger partial charge in [0.05, 0.1) is 23.8 Å². The molecule has 2 amide bonds. The van der Waals surface area contributed by atoms with Gasteiger partial charge < -0.3 is 19.9 Å². The van der Waals surface area contributed by atoms with Crippen LogP contribution in [0.2, 0.25) is 0 Å². The Morgan fingerprint density at radius 3 is 2.43 bits per heavy atom. The van der Waals surface area contributed by atoms with E-state index in [2.05, 4.69) is 20.8 Å². The van der Waals surface area contributed by atoms with Crippen LogP contribution < -0.4 is 15.4 Å². The molecular formula is C24H28N6O5S2. The predicted molar refractivity (Wildman–Crippen MR) is 144 cm³/mol. The van der Waals surface area contributed by atoms with Crippen LogP contribution in [0.3, 0.4) is 0 Å². The van der Waals surface area contributed by atoms with E-state index in [1.807, 2.05) is 17.7 Å². The lowest BCUT2D eigenvalue weighted by Crippen LogP contribution is -2.31. The van der Waals surface area contributed by atoms with E-state index in [4.69, 9.17) is 4.74 Å². The van der Waals surface area contributed by atoms with Crippen LogP contribution in [0.4, 0.5) is 11.4 Å². The zero-order valence-corrected chi connectivity index (χ0v) is 22.3. The highest BCUT2D eigenvalue weighted by Crippen LogP contribution is 2.24. The molecule has 11 nitrogen and oxygen atoms in total. The fourth-order valence-electron chi connectivity index (χ4n) is 3.44. The molecule has 1 unspecified atom stereocenters. The number of ether oxygens (including phenoxy) is 1. The molecule has 1 atom stereocenters. The van der Waals surface area contributed by atoms with E-state index in [0.29, 0.717) is 40.9 Å². The Morgan fingerprint density at radius 2 is 1.84 bits per heavy atom. The van der Waals surface area contributed by atoms with Crippen molar-refractivity contribution in [2.45, 2.75) is 31.1 Å². The van der Waals surface area contributed by atoms with Crippen molar-refractivity contribution < 1.29 is 19.2 Å². The highest BCUT2D eigenvalue weighted by molar-refractivity contribution is 7.99. The Hall–Kier alpha value is -3.58. The van der Waals surface area contributed by atoms with Crippen LogP contribution in [-0.4, -0.2) is 56.4 Å². The van der Waals surface area contributed by atoms with Gasteiger partial charge in [0, 0.05) is 29.9 Å². The van der Waals surface area contributed by atoms with Gasteiger partial charge in [0.1, 0.15) is 5.75 Å². The van der Waals surface area contributed by atoms with Crippen LogP contribution in [-0.2, 0) is 11.3 Å². The molecule has 0 aliphatic carbocycles. The minimum absolute atomic E-state index is 0.0499. The van der Waals surface area contributed by atoms with Crippen molar-refractivity contribution in [2.24, 2.45) is 0 Å². The third-order valence-corrected chi connectivity index (χ3v) is 6.95. The van der Waals surface area contributed by atoms with Gasteiger partial charge in [-0.1, -0.05) is 11.8 Å². The number of carbonyl (C=O) groups is 2. The monoisotopic (exact) mass is 544 g/mol. The largest absolute Gasteiger partial charge is 0.497 e. The minimum atomic E-state index is -0.498. The van der Waals surface area contributed by atoms with Gasteiger partial charge in [-0.15, -0.1) is 10.2 Å². The Labute approximate surface area is 222 Å². The summed E-state index contributed by atoms with van der Waals surface area (Å²) >= 11 is 2.90. The summed E-state index contributed by atoms with van der Waals surface area (Å²) in [5, 5.41) is 25.8. The molecule has 0 saturated heterocycles. The smallest absolute Gasteiger partial charge is 0.269 e. The quantitative estimate of drug-likeness (QED) is 0.184. The summed E-state index contributed by atoms with van der Waals surface area (Å²) in [6.45, 7) is 2.51. The van der Waals surface area contributed by atoms with Crippen molar-refractivity contribution in [1.82, 2.24) is 20.1 Å². The average molecular weight is 545 g/mol. The average Bonchev–Trinajstić information content (AvgIpc) is 3.32. The molecule has 0 aliphatic heterocycles. The number of aromatic nitrogens is 3. The van der Waals surface area contributed by atoms with Gasteiger partial charge in [0.2, 0.25) is 5.91 Å². The number of thioether (sulfide) groups is 2. The topological polar surface area (TPSA) is 141 Å². The van der Waals surface area contributed by atoms with Crippen molar-refractivity contribution >= 4 is 46.7 Å². The van der Waals surface area contributed by atoms with Crippen LogP contribution in [0.1, 0.15) is 35.6 Å². The second-order valence-electron chi connectivity index (χ2n) is 7.76. The maximum atomic E-state index is 12.9. The highest BCUT2D eigenvalue weighted by Gasteiger charge is 2.23. The van der Waals surface area contributed by atoms with Crippen LogP contribution in [0.5, 0.6) is 5.75 Å². The van der Waals surface area contributed by atoms with Crippen LogP contribution >= 0.6 is 23.5 Å². The summed E-state index contributed by atoms with van der Waals surface area (Å²) in [7, 11) is 1.57. The SMILES string of the molecule is CCn1c(SCC(=O)Nc2ccc([N+](=O)[O-])cc2)nnc1C(CCSC)NC(=O)c1ccc(OC)cc1. The van der Waals surface area contributed by atoms with Gasteiger partial charge in [0.25, 0.3) is 11.6 Å². The van der Waals surface area contributed by atoms with Crippen molar-refractivity contribution in [2.75, 3.05) is 30.2 Å². The Bertz CT molecular complexity index is 1220. The van der Waals surface area contributed by atoms with Gasteiger partial charge in [-0.05, 0) is 61.8 Å². The number of non-ortho nitro benzene ring substituents is 1. The van der Waals surface area contributed by atoms with Gasteiger partial charge in [0.15, 0.2) is 11.0 Å². The van der Waals surface area contributed by atoms with Gasteiger partial charge >= 0.3 is 0 Å². The molecule has 37 heavy (non-hydrogen) atoms. The molecule has 3 aromatic rings. The Balaban J connectivity index is 1.68. The van der Waals surface area contributed by atoms with Crippen LogP contribution in [0.15, 0.2) is 53.7 Å². The van der Waals surface area contributed by atoms with Crippen LogP contribution in [0, 0.1) is 10.1 Å². The molecule has 1 aromatic heterocycles. The van der Waals surface area contributed by atoms with E-state index < -0.39 is 4.92 Å². The first-order valence-electron chi connectivity index (χ1n) is 11.4. The molecule has 196 valence electrons. The van der Waals surface area contributed by atoms with E-state index in [9.17, 15) is 19.7 Å². The molecule has 1 heterocycles. The summed E-state index contributed by atoms with van der Waals surface area (Å²) in [6.07, 6.45) is 2.66. The third kappa shape index (κ3) is 7.70. The van der Waals surface area contributed by atoms with Crippen molar-refractivity contribution in [3.63, 3.8) is 0 Å². The summed E-state index contributed by atoms with van der Waals surface area (Å²) in [6, 6.07) is 12.1. The van der Waals surface area contributed by atoms with Gasteiger partial charge in [-0.3, -0.25) is 19.7 Å². The number of nitrogens with zero attached hydrogens (tertiary/aromatic N) is 4. The van der Waals surface area contributed by atoms with Crippen molar-refractivity contribution in [1.29, 1.82) is 0 Å². The zero-order valence-electron chi connectivity index (χ0n) is 20.7. The lowest BCUT2D eigenvalue weighted by molar-refractivity contribution is -0.384. The van der Waals surface area contributed by atoms with Gasteiger partial charge in [-0.25, -0.2) is 0 Å². The maximum absolute atomic E-state index is 12.9. The van der Waals surface area contributed by atoms with Crippen molar-refractivity contribution in [3.05, 3.63) is 70.0 Å². The number of nitrogens with one attached hydrogen (secondary N) is 2. The number of benzene rings is 2. The predicted octanol–water partition coefficient (Wildman–Crippen LogP) is 4.17. The van der Waals surface area contributed by atoms with Gasteiger partial charge in [-0.2, -0.15) is 11.8 Å². The number of rotatable bonds is 13. The first-order valence-corrected chi connectivity index (χ1v) is 13.8. The lowest BCUT2D eigenvalue weighted by Gasteiger charge is -2.19. The van der Waals surface area contributed by atoms with E-state index >= 15 is 0 Å². The Kier molecular flexibility index (Phi) is 10.3. The molecule has 0 spiro atoms. The number of nitro groups is 1. The lowest BCUT2D eigenvalue weighted by atomic mass is 10.1. The number of amides is 2. The summed E-state index contributed by atoms with van der Waals surface area (Å²) in [4.78, 5) is 35.7. The van der Waals surface area contributed by atoms with E-state index in [1.54, 1.807) is 43.1 Å². The maximum Gasteiger partial charge on any atom is 0.269 e. The molecular weight excluding hydrogens is 516 g/mol. The normalized spacial score (nSPS) is 11.5. The molecule has 2 aromatic carbocycles. The third-order valence-electron chi connectivity index (χ3n) is 5.34. The standard InChI is InChI=1S/C24H28N6O5S2/c1-4-29-22(20(13-14-36-3)26-23(32)16-5-11-19(35-2)12-6-16)27-28-24(29)37-15-21(31)25-17-7-9-18(10-8-17)30(33)34/h5-12,20H,4,13-15H2,1-3H3,(H,25,31)(H,26,32). The second kappa shape index (κ2) is 13.7. The first kappa shape index (κ1) is 28.0. The summed E-state index contributed by atoms with van der Waals surface area (Å²) < 4.78 is 7.05. The number of methoxy groups -OCH3 is 1. The Morgan fingerprint density at radius 1 is 1.14 bits per heavy atom. The number of nitro benzene ring substituents is 1. The molecule has 3 rings (SSSR count). The van der Waals surface area contributed by atoms with Crippen molar-refractivity contribution in [3.8, 4) is 5.75 Å². The minimum Gasteiger partial charge on any atom is -0.497 e. The second-order valence-corrected chi connectivity index (χ2v) is 9.69.